The number of sulfone groups is 1. The third kappa shape index (κ3) is 3.37. The number of carbonyl (C=O) groups is 1. The third-order valence-corrected chi connectivity index (χ3v) is 4.80. The van der Waals surface area contributed by atoms with Gasteiger partial charge in [0.2, 0.25) is 0 Å². The topological polar surface area (TPSA) is 102 Å². The Labute approximate surface area is 134 Å². The van der Waals surface area contributed by atoms with Crippen LogP contribution in [-0.4, -0.2) is 35.5 Å². The van der Waals surface area contributed by atoms with E-state index in [1.54, 1.807) is 6.07 Å². The highest BCUT2D eigenvalue weighted by Gasteiger charge is 2.22. The quantitative estimate of drug-likeness (QED) is 0.916. The summed E-state index contributed by atoms with van der Waals surface area (Å²) in [6, 6.07) is 3.05. The van der Waals surface area contributed by atoms with E-state index in [0.717, 1.165) is 24.9 Å². The van der Waals surface area contributed by atoms with Crippen molar-refractivity contribution in [2.75, 3.05) is 11.6 Å². The molecule has 0 spiro atoms. The Bertz CT molecular complexity index is 830. The Morgan fingerprint density at radius 2 is 1.91 bits per heavy atom. The van der Waals surface area contributed by atoms with E-state index in [2.05, 4.69) is 20.3 Å². The standard InChI is InChI=1S/C15H16N4O3S/c1-23(21,22)15-12(6-3-7-16-15)19-14(20)11-8-17-13(18-9-11)10-4-2-5-10/h3,6-10H,2,4-5H2,1H3,(H,19,20). The second kappa shape index (κ2) is 6.04. The maximum atomic E-state index is 12.2. The van der Waals surface area contributed by atoms with Crippen molar-refractivity contribution in [3.63, 3.8) is 0 Å². The summed E-state index contributed by atoms with van der Waals surface area (Å²) in [5.74, 6) is 0.677. The van der Waals surface area contributed by atoms with Crippen LogP contribution in [0.5, 0.6) is 0 Å². The number of nitrogens with one attached hydrogen (secondary N) is 1. The number of hydrogen-bond acceptors (Lipinski definition) is 6. The largest absolute Gasteiger partial charge is 0.319 e. The Morgan fingerprint density at radius 3 is 2.48 bits per heavy atom. The molecule has 1 amide bonds. The van der Waals surface area contributed by atoms with E-state index in [1.807, 2.05) is 0 Å². The van der Waals surface area contributed by atoms with Gasteiger partial charge in [-0.25, -0.2) is 23.4 Å². The SMILES string of the molecule is CS(=O)(=O)c1ncccc1NC(=O)c1cnc(C2CCC2)nc1. The van der Waals surface area contributed by atoms with Gasteiger partial charge >= 0.3 is 0 Å². The number of pyridine rings is 1. The van der Waals surface area contributed by atoms with Crippen LogP contribution in [0.1, 0.15) is 41.4 Å². The summed E-state index contributed by atoms with van der Waals surface area (Å²) in [5.41, 5.74) is 0.416. The lowest BCUT2D eigenvalue weighted by molar-refractivity contribution is 0.102. The van der Waals surface area contributed by atoms with Crippen molar-refractivity contribution in [1.82, 2.24) is 15.0 Å². The molecule has 3 rings (SSSR count). The summed E-state index contributed by atoms with van der Waals surface area (Å²) >= 11 is 0. The first-order chi connectivity index (χ1) is 10.9. The van der Waals surface area contributed by atoms with E-state index in [4.69, 9.17) is 0 Å². The van der Waals surface area contributed by atoms with Crippen molar-refractivity contribution < 1.29 is 13.2 Å². The van der Waals surface area contributed by atoms with Crippen molar-refractivity contribution >= 4 is 21.4 Å². The monoisotopic (exact) mass is 332 g/mol. The maximum Gasteiger partial charge on any atom is 0.258 e. The molecule has 0 aliphatic heterocycles. The number of anilines is 1. The molecule has 1 fully saturated rings. The van der Waals surface area contributed by atoms with E-state index < -0.39 is 15.7 Å². The lowest BCUT2D eigenvalue weighted by Gasteiger charge is -2.23. The van der Waals surface area contributed by atoms with Gasteiger partial charge in [0.15, 0.2) is 14.9 Å². The van der Waals surface area contributed by atoms with E-state index in [0.29, 0.717) is 5.92 Å². The normalized spacial score (nSPS) is 15.0. The van der Waals surface area contributed by atoms with Crippen LogP contribution in [0, 0.1) is 0 Å². The molecule has 23 heavy (non-hydrogen) atoms. The van der Waals surface area contributed by atoms with Gasteiger partial charge in [-0.15, -0.1) is 0 Å². The molecule has 1 aliphatic rings. The zero-order valence-corrected chi connectivity index (χ0v) is 13.4. The molecular formula is C15H16N4O3S. The molecule has 1 N–H and O–H groups in total. The molecule has 7 nitrogen and oxygen atoms in total. The molecule has 1 saturated carbocycles. The lowest BCUT2D eigenvalue weighted by atomic mass is 9.85. The first kappa shape index (κ1) is 15.5. The molecule has 1 aliphatic carbocycles. The van der Waals surface area contributed by atoms with Gasteiger partial charge in [0, 0.05) is 30.8 Å². The van der Waals surface area contributed by atoms with Crippen molar-refractivity contribution in [2.45, 2.75) is 30.2 Å². The fraction of sp³-hybridized carbons (Fsp3) is 0.333. The highest BCUT2D eigenvalue weighted by molar-refractivity contribution is 7.90. The molecule has 120 valence electrons. The molecule has 2 aromatic rings. The third-order valence-electron chi connectivity index (χ3n) is 3.77. The maximum absolute atomic E-state index is 12.2. The second-order valence-corrected chi connectivity index (χ2v) is 7.47. The molecule has 0 aromatic carbocycles. The van der Waals surface area contributed by atoms with Gasteiger partial charge in [-0.05, 0) is 25.0 Å². The van der Waals surface area contributed by atoms with E-state index in [9.17, 15) is 13.2 Å². The Kier molecular flexibility index (Phi) is 4.08. The van der Waals surface area contributed by atoms with E-state index >= 15 is 0 Å². The van der Waals surface area contributed by atoms with E-state index in [1.165, 1.54) is 31.1 Å². The Balaban J connectivity index is 1.79. The summed E-state index contributed by atoms with van der Waals surface area (Å²) in [4.78, 5) is 24.5. The number of aromatic nitrogens is 3. The van der Waals surface area contributed by atoms with Crippen LogP contribution in [0.3, 0.4) is 0 Å². The minimum Gasteiger partial charge on any atom is -0.319 e. The molecule has 0 atom stereocenters. The van der Waals surface area contributed by atoms with Gasteiger partial charge in [0.1, 0.15) is 5.82 Å². The van der Waals surface area contributed by atoms with Crippen LogP contribution in [0.15, 0.2) is 35.7 Å². The van der Waals surface area contributed by atoms with Crippen LogP contribution in [0.4, 0.5) is 5.69 Å². The predicted molar refractivity (Wildman–Crippen MR) is 83.9 cm³/mol. The average Bonchev–Trinajstić information content (AvgIpc) is 2.45. The molecule has 0 unspecified atom stereocenters. The summed E-state index contributed by atoms with van der Waals surface area (Å²) in [6.07, 6.45) is 8.69. The summed E-state index contributed by atoms with van der Waals surface area (Å²) < 4.78 is 23.4. The number of nitrogens with zero attached hydrogens (tertiary/aromatic N) is 3. The zero-order chi connectivity index (χ0) is 16.4. The van der Waals surface area contributed by atoms with Gasteiger partial charge in [-0.1, -0.05) is 6.42 Å². The van der Waals surface area contributed by atoms with Crippen LogP contribution in [-0.2, 0) is 9.84 Å². The molecule has 2 aromatic heterocycles. The number of rotatable bonds is 4. The van der Waals surface area contributed by atoms with Crippen molar-refractivity contribution in [3.8, 4) is 0 Å². The fourth-order valence-corrected chi connectivity index (χ4v) is 3.08. The van der Waals surface area contributed by atoms with Crippen LogP contribution in [0.25, 0.3) is 0 Å². The molecule has 0 radical (unpaired) electrons. The van der Waals surface area contributed by atoms with Crippen LogP contribution < -0.4 is 5.32 Å². The molecule has 8 heteroatoms. The summed E-state index contributed by atoms with van der Waals surface area (Å²) in [6.45, 7) is 0. The first-order valence-corrected chi connectivity index (χ1v) is 9.12. The van der Waals surface area contributed by atoms with Gasteiger partial charge in [0.25, 0.3) is 5.91 Å². The van der Waals surface area contributed by atoms with Gasteiger partial charge in [-0.3, -0.25) is 4.79 Å². The average molecular weight is 332 g/mol. The fourth-order valence-electron chi connectivity index (χ4n) is 2.31. The van der Waals surface area contributed by atoms with Gasteiger partial charge < -0.3 is 5.32 Å². The smallest absolute Gasteiger partial charge is 0.258 e. The lowest BCUT2D eigenvalue weighted by Crippen LogP contribution is -2.17. The predicted octanol–water partition coefficient (Wildman–Crippen LogP) is 1.79. The number of carbonyl (C=O) groups excluding carboxylic acids is 1. The first-order valence-electron chi connectivity index (χ1n) is 7.23. The second-order valence-electron chi connectivity index (χ2n) is 5.54. The summed E-state index contributed by atoms with van der Waals surface area (Å²) in [5, 5.41) is 2.38. The minimum atomic E-state index is -3.53. The number of hydrogen-bond donors (Lipinski definition) is 1. The highest BCUT2D eigenvalue weighted by Crippen LogP contribution is 2.33. The van der Waals surface area contributed by atoms with Gasteiger partial charge in [-0.2, -0.15) is 0 Å². The van der Waals surface area contributed by atoms with Crippen molar-refractivity contribution in [2.24, 2.45) is 0 Å². The molecule has 2 heterocycles. The number of amides is 1. The van der Waals surface area contributed by atoms with Crippen LogP contribution in [0.2, 0.25) is 0 Å². The Morgan fingerprint density at radius 1 is 1.22 bits per heavy atom. The molecule has 0 saturated heterocycles. The minimum absolute atomic E-state index is 0.142. The summed E-state index contributed by atoms with van der Waals surface area (Å²) in [7, 11) is -3.53. The zero-order valence-electron chi connectivity index (χ0n) is 12.6. The van der Waals surface area contributed by atoms with Crippen molar-refractivity contribution in [3.05, 3.63) is 42.1 Å². The van der Waals surface area contributed by atoms with Crippen molar-refractivity contribution in [1.29, 1.82) is 0 Å². The van der Waals surface area contributed by atoms with E-state index in [-0.39, 0.29) is 16.3 Å². The Hall–Kier alpha value is -2.35. The molecular weight excluding hydrogens is 316 g/mol. The highest BCUT2D eigenvalue weighted by atomic mass is 32.2. The van der Waals surface area contributed by atoms with Crippen LogP contribution >= 0.6 is 0 Å². The molecule has 0 bridgehead atoms. The van der Waals surface area contributed by atoms with Gasteiger partial charge in [0.05, 0.1) is 11.3 Å².